The van der Waals surface area contributed by atoms with Crippen LogP contribution >= 0.6 is 11.6 Å². The minimum Gasteiger partial charge on any atom is -0.323 e. The van der Waals surface area contributed by atoms with Crippen molar-refractivity contribution in [1.29, 1.82) is 0 Å². The highest BCUT2D eigenvalue weighted by Crippen LogP contribution is 2.15. The largest absolute Gasteiger partial charge is 0.323 e. The molecule has 0 atom stereocenters. The summed E-state index contributed by atoms with van der Waals surface area (Å²) in [5.74, 6) is 5.94. The number of aromatic nitrogens is 2. The zero-order chi connectivity index (χ0) is 19.8. The van der Waals surface area contributed by atoms with E-state index in [4.69, 9.17) is 11.6 Å². The summed E-state index contributed by atoms with van der Waals surface area (Å²) in [6.45, 7) is 7.12. The fourth-order valence-electron chi connectivity index (χ4n) is 2.74. The second-order valence-electron chi connectivity index (χ2n) is 6.09. The molecule has 2 aromatic rings. The van der Waals surface area contributed by atoms with E-state index < -0.39 is 0 Å². The molecule has 6 heteroatoms. The summed E-state index contributed by atoms with van der Waals surface area (Å²) in [4.78, 5) is 29.0. The number of halogens is 1. The van der Waals surface area contributed by atoms with Crippen molar-refractivity contribution in [2.45, 2.75) is 46.7 Å². The van der Waals surface area contributed by atoms with Gasteiger partial charge in [0.25, 0.3) is 5.91 Å². The van der Waals surface area contributed by atoms with Gasteiger partial charge in [0.15, 0.2) is 5.78 Å². The molecular weight excluding hydrogens is 362 g/mol. The number of carbonyl (C=O) groups is 2. The first-order valence-electron chi connectivity index (χ1n) is 9.04. The monoisotopic (exact) mass is 385 g/mol. The van der Waals surface area contributed by atoms with Gasteiger partial charge in [-0.2, -0.15) is 0 Å². The lowest BCUT2D eigenvalue weighted by Crippen LogP contribution is -2.38. The summed E-state index contributed by atoms with van der Waals surface area (Å²) >= 11 is 5.82. The lowest BCUT2D eigenvalue weighted by molar-refractivity contribution is -0.126. The molecule has 1 amide bonds. The van der Waals surface area contributed by atoms with E-state index in [1.54, 1.807) is 11.1 Å². The number of imidazole rings is 1. The molecule has 5 nitrogen and oxygen atoms in total. The minimum absolute atomic E-state index is 0.000647. The Morgan fingerprint density at radius 2 is 1.96 bits per heavy atom. The van der Waals surface area contributed by atoms with Crippen LogP contribution in [0.15, 0.2) is 30.5 Å². The minimum atomic E-state index is -0.171. The second-order valence-corrected chi connectivity index (χ2v) is 6.50. The van der Waals surface area contributed by atoms with Crippen LogP contribution < -0.4 is 0 Å². The van der Waals surface area contributed by atoms with Crippen molar-refractivity contribution < 1.29 is 9.59 Å². The molecule has 1 aliphatic rings. The number of ketones is 1. The Morgan fingerprint density at radius 1 is 1.22 bits per heavy atom. The standard InChI is InChI=1S/C13H15N3O2.C8H9Cl/c1-3-4-5-13(18)15-6-7-16-11(10(2)17)8-14-12(16)9-15;1-2-7-5-3-4-6-8(7)9/h8H,3,6-7,9H2,1-2H3;3-6H,2H2,1H3. The molecule has 0 aliphatic carbocycles. The molecule has 0 bridgehead atoms. The van der Waals surface area contributed by atoms with Gasteiger partial charge < -0.3 is 9.47 Å². The van der Waals surface area contributed by atoms with Gasteiger partial charge in [-0.3, -0.25) is 9.59 Å². The average Bonchev–Trinajstić information content (AvgIpc) is 3.10. The molecule has 0 saturated heterocycles. The molecule has 0 fully saturated rings. The molecule has 3 rings (SSSR count). The van der Waals surface area contributed by atoms with E-state index >= 15 is 0 Å². The van der Waals surface area contributed by atoms with Crippen molar-refractivity contribution in [2.75, 3.05) is 6.54 Å². The number of benzene rings is 1. The van der Waals surface area contributed by atoms with Gasteiger partial charge in [-0.25, -0.2) is 4.98 Å². The molecular formula is C21H24ClN3O2. The zero-order valence-corrected chi connectivity index (χ0v) is 16.7. The number of Topliss-reactive ketones (excluding diaryl/α,β-unsaturated/α-hetero) is 1. The van der Waals surface area contributed by atoms with Gasteiger partial charge in [0.1, 0.15) is 11.5 Å². The van der Waals surface area contributed by atoms with Crippen molar-refractivity contribution in [2.24, 2.45) is 0 Å². The molecule has 0 saturated carbocycles. The van der Waals surface area contributed by atoms with Gasteiger partial charge in [0, 0.05) is 31.5 Å². The summed E-state index contributed by atoms with van der Waals surface area (Å²) in [5, 5.41) is 0.875. The zero-order valence-electron chi connectivity index (χ0n) is 16.0. The van der Waals surface area contributed by atoms with Crippen molar-refractivity contribution in [3.8, 4) is 11.8 Å². The van der Waals surface area contributed by atoms with Crippen molar-refractivity contribution in [3.05, 3.63) is 52.6 Å². The lowest BCUT2D eigenvalue weighted by Gasteiger charge is -2.26. The Morgan fingerprint density at radius 3 is 2.56 bits per heavy atom. The number of rotatable bonds is 2. The molecule has 0 spiro atoms. The molecule has 0 unspecified atom stereocenters. The van der Waals surface area contributed by atoms with Gasteiger partial charge >= 0.3 is 0 Å². The van der Waals surface area contributed by atoms with Crippen molar-refractivity contribution in [1.82, 2.24) is 14.5 Å². The Kier molecular flexibility index (Phi) is 7.63. The van der Waals surface area contributed by atoms with Gasteiger partial charge in [-0.05, 0) is 24.0 Å². The topological polar surface area (TPSA) is 55.2 Å². The van der Waals surface area contributed by atoms with Gasteiger partial charge in [-0.15, -0.1) is 0 Å². The number of amides is 1. The molecule has 1 aliphatic heterocycles. The molecule has 0 N–H and O–H groups in total. The van der Waals surface area contributed by atoms with Gasteiger partial charge in [-0.1, -0.05) is 49.6 Å². The molecule has 142 valence electrons. The van der Waals surface area contributed by atoms with E-state index in [-0.39, 0.29) is 11.7 Å². The van der Waals surface area contributed by atoms with Crippen LogP contribution in [0.25, 0.3) is 0 Å². The smallest absolute Gasteiger partial charge is 0.298 e. The van der Waals surface area contributed by atoms with Crippen LogP contribution in [-0.4, -0.2) is 32.7 Å². The lowest BCUT2D eigenvalue weighted by atomic mass is 10.2. The highest BCUT2D eigenvalue weighted by atomic mass is 35.5. The number of hydrogen-bond donors (Lipinski definition) is 0. The van der Waals surface area contributed by atoms with E-state index in [0.29, 0.717) is 31.7 Å². The van der Waals surface area contributed by atoms with Crippen LogP contribution in [0.2, 0.25) is 5.02 Å². The maximum absolute atomic E-state index is 11.8. The first kappa shape index (κ1) is 20.7. The summed E-state index contributed by atoms with van der Waals surface area (Å²) < 4.78 is 1.87. The maximum Gasteiger partial charge on any atom is 0.298 e. The van der Waals surface area contributed by atoms with Crippen LogP contribution in [0.1, 0.15) is 49.1 Å². The molecule has 27 heavy (non-hydrogen) atoms. The number of carbonyl (C=O) groups excluding carboxylic acids is 2. The summed E-state index contributed by atoms with van der Waals surface area (Å²) in [7, 11) is 0. The fraction of sp³-hybridized carbons (Fsp3) is 0.381. The van der Waals surface area contributed by atoms with Crippen molar-refractivity contribution >= 4 is 23.3 Å². The highest BCUT2D eigenvalue weighted by Gasteiger charge is 2.23. The summed E-state index contributed by atoms with van der Waals surface area (Å²) in [6, 6.07) is 7.91. The Hall–Kier alpha value is -2.58. The first-order chi connectivity index (χ1) is 13.0. The third-order valence-corrected chi connectivity index (χ3v) is 4.59. The van der Waals surface area contributed by atoms with E-state index in [0.717, 1.165) is 17.3 Å². The number of fused-ring (bicyclic) bond motifs is 1. The van der Waals surface area contributed by atoms with Crippen LogP contribution in [0.3, 0.4) is 0 Å². The molecule has 0 radical (unpaired) electrons. The first-order valence-corrected chi connectivity index (χ1v) is 9.42. The average molecular weight is 386 g/mol. The quantitative estimate of drug-likeness (QED) is 0.584. The molecule has 1 aromatic heterocycles. The predicted octanol–water partition coefficient (Wildman–Crippen LogP) is 3.74. The Labute approximate surface area is 165 Å². The fourth-order valence-corrected chi connectivity index (χ4v) is 3.01. The number of nitrogens with zero attached hydrogens (tertiary/aromatic N) is 3. The molecule has 1 aromatic carbocycles. The third kappa shape index (κ3) is 5.45. The maximum atomic E-state index is 11.8. The number of aryl methyl sites for hydroxylation is 1. The second kappa shape index (κ2) is 9.94. The SMILES string of the molecule is CCC#CC(=O)N1CCn2c(C(C)=O)cnc2C1.CCc1ccccc1Cl. The predicted molar refractivity (Wildman–Crippen MR) is 107 cm³/mol. The van der Waals surface area contributed by atoms with Gasteiger partial charge in [0.2, 0.25) is 0 Å². The Balaban J connectivity index is 0.000000244. The molecule has 2 heterocycles. The van der Waals surface area contributed by atoms with Crippen LogP contribution in [0.4, 0.5) is 0 Å². The van der Waals surface area contributed by atoms with E-state index in [1.807, 2.05) is 35.8 Å². The van der Waals surface area contributed by atoms with Crippen LogP contribution in [0, 0.1) is 11.8 Å². The highest BCUT2D eigenvalue weighted by molar-refractivity contribution is 6.31. The summed E-state index contributed by atoms with van der Waals surface area (Å²) in [6.07, 6.45) is 3.26. The van der Waals surface area contributed by atoms with E-state index in [1.165, 1.54) is 12.5 Å². The summed E-state index contributed by atoms with van der Waals surface area (Å²) in [5.41, 5.74) is 1.83. The van der Waals surface area contributed by atoms with Gasteiger partial charge in [0.05, 0.1) is 12.7 Å². The van der Waals surface area contributed by atoms with Crippen LogP contribution in [0.5, 0.6) is 0 Å². The van der Waals surface area contributed by atoms with Crippen LogP contribution in [-0.2, 0) is 24.3 Å². The Bertz CT molecular complexity index is 877. The third-order valence-electron chi connectivity index (χ3n) is 4.22. The van der Waals surface area contributed by atoms with E-state index in [9.17, 15) is 9.59 Å². The normalized spacial score (nSPS) is 12.2. The van der Waals surface area contributed by atoms with Crippen molar-refractivity contribution in [3.63, 3.8) is 0 Å². The van der Waals surface area contributed by atoms with E-state index in [2.05, 4.69) is 23.7 Å². The number of hydrogen-bond acceptors (Lipinski definition) is 3.